The van der Waals surface area contributed by atoms with Gasteiger partial charge in [-0.05, 0) is 38.5 Å². The maximum absolute atomic E-state index is 12.5. The van der Waals surface area contributed by atoms with Crippen molar-refractivity contribution in [1.29, 1.82) is 0 Å². The molecule has 2 atom stereocenters. The third kappa shape index (κ3) is 3.61. The first-order chi connectivity index (χ1) is 9.38. The summed E-state index contributed by atoms with van der Waals surface area (Å²) in [7, 11) is -1.04. The van der Waals surface area contributed by atoms with E-state index in [4.69, 9.17) is 23.2 Å². The van der Waals surface area contributed by atoms with E-state index in [1.807, 2.05) is 26.8 Å². The average Bonchev–Trinajstić information content (AvgIpc) is 2.67. The minimum absolute atomic E-state index is 0.137. The summed E-state index contributed by atoms with van der Waals surface area (Å²) in [6, 6.07) is 5.31. The number of thiazole rings is 1. The Morgan fingerprint density at radius 3 is 2.60 bits per heavy atom. The predicted molar refractivity (Wildman–Crippen MR) is 88.3 cm³/mol. The van der Waals surface area contributed by atoms with Gasteiger partial charge in [-0.15, -0.1) is 11.3 Å². The van der Waals surface area contributed by atoms with Crippen molar-refractivity contribution in [2.24, 2.45) is 0 Å². The van der Waals surface area contributed by atoms with E-state index in [1.165, 1.54) is 0 Å². The summed E-state index contributed by atoms with van der Waals surface area (Å²) < 4.78 is 12.5. The first kappa shape index (κ1) is 16.0. The summed E-state index contributed by atoms with van der Waals surface area (Å²) in [6.07, 6.45) is 0. The average molecular weight is 348 g/mol. The molecule has 1 heterocycles. The largest absolute Gasteiger partial charge is 0.259 e. The molecule has 0 radical (unpaired) electrons. The van der Waals surface area contributed by atoms with Gasteiger partial charge >= 0.3 is 0 Å². The van der Waals surface area contributed by atoms with Crippen molar-refractivity contribution in [2.75, 3.05) is 0 Å². The highest BCUT2D eigenvalue weighted by Gasteiger charge is 2.19. The number of halogens is 2. The highest BCUT2D eigenvalue weighted by molar-refractivity contribution is 7.84. The maximum Gasteiger partial charge on any atom is 0.0900 e. The van der Waals surface area contributed by atoms with Crippen LogP contribution in [0.1, 0.15) is 33.3 Å². The van der Waals surface area contributed by atoms with Gasteiger partial charge < -0.3 is 0 Å². The number of hydrogen-bond donors (Lipinski definition) is 0. The van der Waals surface area contributed by atoms with Crippen molar-refractivity contribution < 1.29 is 4.21 Å². The third-order valence-corrected chi connectivity index (χ3v) is 6.50. The Kier molecular flexibility index (Phi) is 5.24. The van der Waals surface area contributed by atoms with Crippen LogP contribution in [0.5, 0.6) is 0 Å². The van der Waals surface area contributed by atoms with Gasteiger partial charge in [-0.1, -0.05) is 29.3 Å². The molecule has 0 bridgehead atoms. The van der Waals surface area contributed by atoms with Gasteiger partial charge in [0.2, 0.25) is 0 Å². The highest BCUT2D eigenvalue weighted by Crippen LogP contribution is 2.31. The van der Waals surface area contributed by atoms with Crippen LogP contribution in [0.3, 0.4) is 0 Å². The molecule has 1 aromatic carbocycles. The molecular formula is C14H15Cl2NOS2. The lowest BCUT2D eigenvalue weighted by Crippen LogP contribution is -2.06. The lowest BCUT2D eigenvalue weighted by molar-refractivity contribution is 0.675. The Morgan fingerprint density at radius 1 is 1.35 bits per heavy atom. The van der Waals surface area contributed by atoms with Crippen molar-refractivity contribution in [1.82, 2.24) is 4.98 Å². The molecule has 2 aromatic rings. The van der Waals surface area contributed by atoms with Crippen LogP contribution >= 0.6 is 34.5 Å². The van der Waals surface area contributed by atoms with Gasteiger partial charge in [0.1, 0.15) is 0 Å². The van der Waals surface area contributed by atoms with Gasteiger partial charge in [-0.2, -0.15) is 0 Å². The van der Waals surface area contributed by atoms with Gasteiger partial charge in [0.15, 0.2) is 0 Å². The maximum atomic E-state index is 12.5. The molecule has 0 aliphatic rings. The van der Waals surface area contributed by atoms with Crippen LogP contribution in [0, 0.1) is 13.8 Å². The smallest absolute Gasteiger partial charge is 0.0900 e. The first-order valence-corrected chi connectivity index (χ1v) is 9.09. The SMILES string of the molecule is Cc1nc(C)c(C[S@](=O)[C@H](C)c2ccc(Cl)cc2Cl)s1. The monoisotopic (exact) mass is 347 g/mol. The zero-order valence-electron chi connectivity index (χ0n) is 11.4. The van der Waals surface area contributed by atoms with E-state index in [1.54, 1.807) is 23.5 Å². The van der Waals surface area contributed by atoms with E-state index >= 15 is 0 Å². The Labute approximate surface area is 135 Å². The second-order valence-electron chi connectivity index (χ2n) is 4.57. The van der Waals surface area contributed by atoms with E-state index in [0.717, 1.165) is 21.1 Å². The molecule has 0 unspecified atom stereocenters. The molecule has 1 aromatic heterocycles. The molecule has 0 amide bonds. The summed E-state index contributed by atoms with van der Waals surface area (Å²) in [4.78, 5) is 5.45. The van der Waals surface area contributed by atoms with Crippen molar-refractivity contribution >= 4 is 45.3 Å². The molecule has 0 fully saturated rings. The number of rotatable bonds is 4. The molecule has 0 spiro atoms. The van der Waals surface area contributed by atoms with Gasteiger partial charge in [-0.25, -0.2) is 4.98 Å². The fraction of sp³-hybridized carbons (Fsp3) is 0.357. The lowest BCUT2D eigenvalue weighted by Gasteiger charge is -2.13. The van der Waals surface area contributed by atoms with Crippen molar-refractivity contribution in [3.8, 4) is 0 Å². The van der Waals surface area contributed by atoms with Crippen molar-refractivity contribution in [3.63, 3.8) is 0 Å². The van der Waals surface area contributed by atoms with Gasteiger partial charge in [0.05, 0.1) is 21.7 Å². The molecule has 6 heteroatoms. The summed E-state index contributed by atoms with van der Waals surface area (Å²) in [6.45, 7) is 5.84. The second kappa shape index (κ2) is 6.56. The summed E-state index contributed by atoms with van der Waals surface area (Å²) in [5.74, 6) is 0.511. The molecule has 0 saturated heterocycles. The standard InChI is InChI=1S/C14H15Cl2NOS2/c1-8-14(19-10(3)17-8)7-20(18)9(2)12-5-4-11(15)6-13(12)16/h4-6,9H,7H2,1-3H3/t9-,20+/m1/s1. The molecule has 20 heavy (non-hydrogen) atoms. The summed E-state index contributed by atoms with van der Waals surface area (Å²) in [5, 5.41) is 2.02. The second-order valence-corrected chi connectivity index (χ2v) is 8.46. The van der Waals surface area contributed by atoms with Crippen LogP contribution in [0.25, 0.3) is 0 Å². The topological polar surface area (TPSA) is 30.0 Å². The fourth-order valence-corrected chi connectivity index (χ4v) is 5.09. The van der Waals surface area contributed by atoms with E-state index in [9.17, 15) is 4.21 Å². The Hall–Kier alpha value is -0.420. The van der Waals surface area contributed by atoms with Gasteiger partial charge in [0.25, 0.3) is 0 Å². The minimum Gasteiger partial charge on any atom is -0.259 e. The normalized spacial score (nSPS) is 14.2. The zero-order chi connectivity index (χ0) is 14.9. The van der Waals surface area contributed by atoms with Crippen molar-refractivity contribution in [3.05, 3.63) is 49.4 Å². The molecule has 2 nitrogen and oxygen atoms in total. The number of aromatic nitrogens is 1. The van der Waals surface area contributed by atoms with Crippen LogP contribution in [-0.2, 0) is 16.6 Å². The number of hydrogen-bond acceptors (Lipinski definition) is 3. The number of benzene rings is 1. The highest BCUT2D eigenvalue weighted by atomic mass is 35.5. The van der Waals surface area contributed by atoms with Crippen LogP contribution in [0.4, 0.5) is 0 Å². The minimum atomic E-state index is -1.04. The number of nitrogens with zero attached hydrogens (tertiary/aromatic N) is 1. The zero-order valence-corrected chi connectivity index (χ0v) is 14.6. The van der Waals surface area contributed by atoms with E-state index < -0.39 is 10.8 Å². The molecule has 0 N–H and O–H groups in total. The fourth-order valence-electron chi connectivity index (χ4n) is 1.93. The van der Waals surface area contributed by atoms with Crippen LogP contribution in [0.2, 0.25) is 10.0 Å². The van der Waals surface area contributed by atoms with Gasteiger partial charge in [-0.3, -0.25) is 4.21 Å². The van der Waals surface area contributed by atoms with E-state index in [-0.39, 0.29) is 5.25 Å². The van der Waals surface area contributed by atoms with Gasteiger partial charge in [0, 0.05) is 25.7 Å². The van der Waals surface area contributed by atoms with Crippen LogP contribution in [-0.4, -0.2) is 9.19 Å². The Bertz CT molecular complexity index is 655. The third-order valence-electron chi connectivity index (χ3n) is 3.07. The quantitative estimate of drug-likeness (QED) is 0.771. The van der Waals surface area contributed by atoms with Crippen LogP contribution < -0.4 is 0 Å². The number of aryl methyl sites for hydroxylation is 2. The van der Waals surface area contributed by atoms with Crippen LogP contribution in [0.15, 0.2) is 18.2 Å². The summed E-state index contributed by atoms with van der Waals surface area (Å²) in [5.41, 5.74) is 1.84. The van der Waals surface area contributed by atoms with E-state index in [2.05, 4.69) is 4.98 Å². The predicted octanol–water partition coefficient (Wildman–Crippen LogP) is 5.08. The molecule has 0 aliphatic heterocycles. The van der Waals surface area contributed by atoms with Crippen molar-refractivity contribution in [2.45, 2.75) is 31.8 Å². The molecule has 0 saturated carbocycles. The molecule has 2 rings (SSSR count). The van der Waals surface area contributed by atoms with E-state index in [0.29, 0.717) is 15.8 Å². The lowest BCUT2D eigenvalue weighted by atomic mass is 10.2. The first-order valence-electron chi connectivity index (χ1n) is 6.13. The Balaban J connectivity index is 2.18. The Morgan fingerprint density at radius 2 is 2.05 bits per heavy atom. The molecule has 0 aliphatic carbocycles. The summed E-state index contributed by atoms with van der Waals surface area (Å²) >= 11 is 13.7. The molecular weight excluding hydrogens is 333 g/mol. The molecule has 108 valence electrons.